The Hall–Kier alpha value is -2.75. The number of pyridine rings is 1. The summed E-state index contributed by atoms with van der Waals surface area (Å²) in [5.74, 6) is 0.888. The predicted molar refractivity (Wildman–Crippen MR) is 101 cm³/mol. The van der Waals surface area contributed by atoms with E-state index in [2.05, 4.69) is 33.8 Å². The Morgan fingerprint density at radius 3 is 2.50 bits per heavy atom. The maximum absolute atomic E-state index is 5.86. The van der Waals surface area contributed by atoms with Crippen molar-refractivity contribution in [3.63, 3.8) is 0 Å². The molecule has 0 radical (unpaired) electrons. The number of nitrogens with zero attached hydrogens (tertiary/aromatic N) is 1. The van der Waals surface area contributed by atoms with Crippen LogP contribution in [-0.2, 0) is 0 Å². The number of benzene rings is 2. The normalized spacial score (nSPS) is 10.5. The Morgan fingerprint density at radius 2 is 1.67 bits per heavy atom. The van der Waals surface area contributed by atoms with E-state index in [0.717, 1.165) is 47.5 Å². The summed E-state index contributed by atoms with van der Waals surface area (Å²) in [6.45, 7) is 4.42. The third-order valence-corrected chi connectivity index (χ3v) is 3.79. The summed E-state index contributed by atoms with van der Waals surface area (Å²) in [7, 11) is 0. The van der Waals surface area contributed by atoms with Crippen LogP contribution in [0.1, 0.15) is 13.3 Å². The molecule has 1 heterocycles. The standard InChI is InChI=1S/C20H23N3O/c1-2-24-20-17-11-6-7-12-18(17)23-15-19(20)22-14-8-13-21-16-9-4-3-5-10-16/h3-7,9-12,15,21-22H,2,8,13-14H2,1H3. The van der Waals surface area contributed by atoms with Crippen molar-refractivity contribution in [1.82, 2.24) is 4.98 Å². The fraction of sp³-hybridized carbons (Fsp3) is 0.250. The topological polar surface area (TPSA) is 46.2 Å². The van der Waals surface area contributed by atoms with Crippen LogP contribution >= 0.6 is 0 Å². The highest BCUT2D eigenvalue weighted by atomic mass is 16.5. The minimum Gasteiger partial charge on any atom is -0.491 e. The lowest BCUT2D eigenvalue weighted by Gasteiger charge is -2.14. The van der Waals surface area contributed by atoms with Crippen molar-refractivity contribution in [2.75, 3.05) is 30.3 Å². The largest absolute Gasteiger partial charge is 0.491 e. The van der Waals surface area contributed by atoms with Gasteiger partial charge in [-0.3, -0.25) is 4.98 Å². The van der Waals surface area contributed by atoms with Crippen LogP contribution in [0.15, 0.2) is 60.8 Å². The molecule has 0 aliphatic carbocycles. The number of rotatable bonds is 8. The first-order valence-electron chi connectivity index (χ1n) is 8.42. The molecule has 2 aromatic carbocycles. The SMILES string of the molecule is CCOc1c(NCCCNc2ccccc2)cnc2ccccc12. The maximum Gasteiger partial charge on any atom is 0.153 e. The molecule has 0 amide bonds. The molecule has 0 aliphatic rings. The second-order valence-electron chi connectivity index (χ2n) is 5.52. The minimum absolute atomic E-state index is 0.637. The number of hydrogen-bond acceptors (Lipinski definition) is 4. The molecule has 0 saturated heterocycles. The van der Waals surface area contributed by atoms with Crippen LogP contribution in [0.3, 0.4) is 0 Å². The highest BCUT2D eigenvalue weighted by molar-refractivity contribution is 5.90. The Morgan fingerprint density at radius 1 is 0.917 bits per heavy atom. The summed E-state index contributed by atoms with van der Waals surface area (Å²) in [5.41, 5.74) is 3.06. The van der Waals surface area contributed by atoms with E-state index in [1.54, 1.807) is 0 Å². The van der Waals surface area contributed by atoms with E-state index in [-0.39, 0.29) is 0 Å². The zero-order valence-corrected chi connectivity index (χ0v) is 14.0. The van der Waals surface area contributed by atoms with Crippen LogP contribution in [0.2, 0.25) is 0 Å². The van der Waals surface area contributed by atoms with Crippen LogP contribution < -0.4 is 15.4 Å². The first kappa shape index (κ1) is 16.1. The fourth-order valence-corrected chi connectivity index (χ4v) is 2.64. The first-order valence-corrected chi connectivity index (χ1v) is 8.42. The third kappa shape index (κ3) is 3.96. The van der Waals surface area contributed by atoms with Crippen LogP contribution in [-0.4, -0.2) is 24.7 Å². The van der Waals surface area contributed by atoms with Crippen LogP contribution in [0.5, 0.6) is 5.75 Å². The minimum atomic E-state index is 0.637. The Bertz CT molecular complexity index is 774. The maximum atomic E-state index is 5.86. The van der Waals surface area contributed by atoms with E-state index in [1.165, 1.54) is 0 Å². The molecule has 2 N–H and O–H groups in total. The number of para-hydroxylation sites is 2. The van der Waals surface area contributed by atoms with Gasteiger partial charge in [0.25, 0.3) is 0 Å². The average molecular weight is 321 g/mol. The predicted octanol–water partition coefficient (Wildman–Crippen LogP) is 4.55. The van der Waals surface area contributed by atoms with Crippen molar-refractivity contribution in [3.8, 4) is 5.75 Å². The molecular weight excluding hydrogens is 298 g/mol. The van der Waals surface area contributed by atoms with Gasteiger partial charge in [-0.15, -0.1) is 0 Å². The zero-order valence-electron chi connectivity index (χ0n) is 14.0. The molecule has 0 bridgehead atoms. The fourth-order valence-electron chi connectivity index (χ4n) is 2.64. The molecule has 4 nitrogen and oxygen atoms in total. The van der Waals surface area contributed by atoms with Crippen molar-refractivity contribution in [2.24, 2.45) is 0 Å². The Kier molecular flexibility index (Phi) is 5.51. The Balaban J connectivity index is 1.59. The van der Waals surface area contributed by atoms with Crippen LogP contribution in [0.25, 0.3) is 10.9 Å². The van der Waals surface area contributed by atoms with Gasteiger partial charge in [0.05, 0.1) is 24.0 Å². The lowest BCUT2D eigenvalue weighted by atomic mass is 10.2. The van der Waals surface area contributed by atoms with Gasteiger partial charge in [-0.1, -0.05) is 30.3 Å². The molecular formula is C20H23N3O. The number of anilines is 2. The highest BCUT2D eigenvalue weighted by Gasteiger charge is 2.09. The molecule has 0 atom stereocenters. The van der Waals surface area contributed by atoms with Crippen molar-refractivity contribution in [1.29, 1.82) is 0 Å². The second-order valence-corrected chi connectivity index (χ2v) is 5.52. The summed E-state index contributed by atoms with van der Waals surface area (Å²) in [6.07, 6.45) is 2.87. The molecule has 4 heteroatoms. The number of aromatic nitrogens is 1. The van der Waals surface area contributed by atoms with Gasteiger partial charge in [0.15, 0.2) is 5.75 Å². The van der Waals surface area contributed by atoms with Gasteiger partial charge in [0.2, 0.25) is 0 Å². The van der Waals surface area contributed by atoms with Gasteiger partial charge in [0.1, 0.15) is 0 Å². The van der Waals surface area contributed by atoms with E-state index in [4.69, 9.17) is 4.74 Å². The molecule has 0 aliphatic heterocycles. The molecule has 0 fully saturated rings. The molecule has 124 valence electrons. The monoisotopic (exact) mass is 321 g/mol. The quantitative estimate of drug-likeness (QED) is 0.598. The molecule has 24 heavy (non-hydrogen) atoms. The van der Waals surface area contributed by atoms with E-state index >= 15 is 0 Å². The number of nitrogens with one attached hydrogen (secondary N) is 2. The second kappa shape index (κ2) is 8.20. The van der Waals surface area contributed by atoms with Gasteiger partial charge < -0.3 is 15.4 Å². The van der Waals surface area contributed by atoms with Crippen molar-refractivity contribution in [3.05, 3.63) is 60.8 Å². The van der Waals surface area contributed by atoms with Gasteiger partial charge in [-0.25, -0.2) is 0 Å². The van der Waals surface area contributed by atoms with Gasteiger partial charge in [0, 0.05) is 24.2 Å². The van der Waals surface area contributed by atoms with E-state index in [0.29, 0.717) is 6.61 Å². The summed E-state index contributed by atoms with van der Waals surface area (Å²) in [6, 6.07) is 18.3. The van der Waals surface area contributed by atoms with Crippen molar-refractivity contribution < 1.29 is 4.74 Å². The Labute approximate surface area is 142 Å². The molecule has 1 aromatic heterocycles. The summed E-state index contributed by atoms with van der Waals surface area (Å²) >= 11 is 0. The van der Waals surface area contributed by atoms with Gasteiger partial charge >= 0.3 is 0 Å². The smallest absolute Gasteiger partial charge is 0.153 e. The molecule has 3 rings (SSSR count). The summed E-state index contributed by atoms with van der Waals surface area (Å²) in [4.78, 5) is 4.51. The average Bonchev–Trinajstić information content (AvgIpc) is 2.64. The number of fused-ring (bicyclic) bond motifs is 1. The van der Waals surface area contributed by atoms with Crippen LogP contribution in [0.4, 0.5) is 11.4 Å². The lowest BCUT2D eigenvalue weighted by molar-refractivity contribution is 0.345. The van der Waals surface area contributed by atoms with E-state index in [1.807, 2.05) is 49.5 Å². The van der Waals surface area contributed by atoms with Gasteiger partial charge in [-0.05, 0) is 37.6 Å². The van der Waals surface area contributed by atoms with Gasteiger partial charge in [-0.2, -0.15) is 0 Å². The lowest BCUT2D eigenvalue weighted by Crippen LogP contribution is -2.10. The van der Waals surface area contributed by atoms with E-state index < -0.39 is 0 Å². The van der Waals surface area contributed by atoms with Crippen molar-refractivity contribution >= 4 is 22.3 Å². The number of hydrogen-bond donors (Lipinski definition) is 2. The number of ether oxygens (including phenoxy) is 1. The third-order valence-electron chi connectivity index (χ3n) is 3.79. The molecule has 3 aromatic rings. The first-order chi connectivity index (χ1) is 11.9. The molecule has 0 saturated carbocycles. The van der Waals surface area contributed by atoms with Crippen LogP contribution in [0, 0.1) is 0 Å². The molecule has 0 unspecified atom stereocenters. The zero-order chi connectivity index (χ0) is 16.6. The molecule has 0 spiro atoms. The van der Waals surface area contributed by atoms with E-state index in [9.17, 15) is 0 Å². The van der Waals surface area contributed by atoms with Crippen molar-refractivity contribution in [2.45, 2.75) is 13.3 Å². The highest BCUT2D eigenvalue weighted by Crippen LogP contribution is 2.32. The summed E-state index contributed by atoms with van der Waals surface area (Å²) < 4.78 is 5.86. The summed E-state index contributed by atoms with van der Waals surface area (Å²) in [5, 5.41) is 7.91.